The van der Waals surface area contributed by atoms with Gasteiger partial charge in [0.15, 0.2) is 11.6 Å². The highest BCUT2D eigenvalue weighted by Crippen LogP contribution is 2.27. The summed E-state index contributed by atoms with van der Waals surface area (Å²) in [4.78, 5) is 23.3. The smallest absolute Gasteiger partial charge is 0.184 e. The summed E-state index contributed by atoms with van der Waals surface area (Å²) in [7, 11) is 0. The van der Waals surface area contributed by atoms with Crippen LogP contribution in [0.3, 0.4) is 0 Å². The molecule has 0 saturated carbocycles. The van der Waals surface area contributed by atoms with Gasteiger partial charge in [0, 0.05) is 5.92 Å². The summed E-state index contributed by atoms with van der Waals surface area (Å²) in [6.45, 7) is 3.39. The zero-order valence-electron chi connectivity index (χ0n) is 10.7. The average molecular weight is 252 g/mol. The number of carbonyl (C=O) groups excluding carboxylic acids is 2. The predicted molar refractivity (Wildman–Crippen MR) is 67.9 cm³/mol. The zero-order chi connectivity index (χ0) is 13.7. The predicted octanol–water partition coefficient (Wildman–Crippen LogP) is 1.02. The summed E-state index contributed by atoms with van der Waals surface area (Å²) in [5, 5.41) is 19.2. The number of aliphatic hydroxyl groups is 2. The van der Waals surface area contributed by atoms with E-state index >= 15 is 0 Å². The van der Waals surface area contributed by atoms with Gasteiger partial charge in [0.05, 0.1) is 5.92 Å². The van der Waals surface area contributed by atoms with E-state index in [9.17, 15) is 19.8 Å². The number of Topliss-reactive ketones (excluding diaryl/α,β-unsaturated/α-hetero) is 1. The highest BCUT2D eigenvalue weighted by molar-refractivity contribution is 6.00. The summed E-state index contributed by atoms with van der Waals surface area (Å²) in [6.07, 6.45) is 6.01. The van der Waals surface area contributed by atoms with E-state index in [4.69, 9.17) is 0 Å². The van der Waals surface area contributed by atoms with Gasteiger partial charge < -0.3 is 10.2 Å². The lowest BCUT2D eigenvalue weighted by Gasteiger charge is -2.28. The van der Waals surface area contributed by atoms with Crippen LogP contribution in [0.1, 0.15) is 26.7 Å². The van der Waals surface area contributed by atoms with Crippen LogP contribution in [0.4, 0.5) is 0 Å². The molecule has 0 aromatic heterocycles. The molecule has 100 valence electrons. The van der Waals surface area contributed by atoms with Gasteiger partial charge in [-0.3, -0.25) is 9.59 Å². The average Bonchev–Trinajstić information content (AvgIpc) is 2.33. The van der Waals surface area contributed by atoms with Crippen molar-refractivity contribution in [1.29, 1.82) is 0 Å². The van der Waals surface area contributed by atoms with Crippen LogP contribution in [0.2, 0.25) is 0 Å². The fourth-order valence-electron chi connectivity index (χ4n) is 2.04. The van der Waals surface area contributed by atoms with E-state index < -0.39 is 29.7 Å². The number of allylic oxidation sites excluding steroid dienone is 3. The Kier molecular flexibility index (Phi) is 5.44. The molecule has 0 aromatic carbocycles. The summed E-state index contributed by atoms with van der Waals surface area (Å²) in [5.41, 5.74) is 0. The summed E-state index contributed by atoms with van der Waals surface area (Å²) < 4.78 is 0. The lowest BCUT2D eigenvalue weighted by Crippen LogP contribution is -2.44. The second-order valence-corrected chi connectivity index (χ2v) is 4.60. The minimum atomic E-state index is -1.35. The van der Waals surface area contributed by atoms with Crippen molar-refractivity contribution >= 4 is 11.6 Å². The van der Waals surface area contributed by atoms with Crippen LogP contribution in [0.5, 0.6) is 0 Å². The highest BCUT2D eigenvalue weighted by atomic mass is 16.3. The van der Waals surface area contributed by atoms with Gasteiger partial charge in [0.25, 0.3) is 0 Å². The largest absolute Gasteiger partial charge is 0.386 e. The van der Waals surface area contributed by atoms with Gasteiger partial charge in [-0.2, -0.15) is 0 Å². The van der Waals surface area contributed by atoms with Gasteiger partial charge in [0.1, 0.15) is 12.2 Å². The molecule has 0 saturated heterocycles. The van der Waals surface area contributed by atoms with Gasteiger partial charge >= 0.3 is 0 Å². The molecule has 0 heterocycles. The van der Waals surface area contributed by atoms with Crippen molar-refractivity contribution in [3.63, 3.8) is 0 Å². The third-order valence-corrected chi connectivity index (χ3v) is 3.08. The van der Waals surface area contributed by atoms with Crippen LogP contribution in [0.25, 0.3) is 0 Å². The molecule has 0 bridgehead atoms. The first-order valence-corrected chi connectivity index (χ1v) is 6.27. The zero-order valence-corrected chi connectivity index (χ0v) is 10.7. The number of unbranched alkanes of at least 4 members (excludes halogenated alkanes) is 1. The second kappa shape index (κ2) is 6.61. The van der Waals surface area contributed by atoms with Crippen molar-refractivity contribution in [2.75, 3.05) is 0 Å². The molecule has 0 spiro atoms. The number of hydrogen-bond acceptors (Lipinski definition) is 4. The highest BCUT2D eigenvalue weighted by Gasteiger charge is 2.39. The fraction of sp³-hybridized carbons (Fsp3) is 0.571. The van der Waals surface area contributed by atoms with Gasteiger partial charge in [-0.1, -0.05) is 31.6 Å². The molecule has 4 heteroatoms. The maximum Gasteiger partial charge on any atom is 0.184 e. The van der Waals surface area contributed by atoms with Crippen LogP contribution in [0.15, 0.2) is 24.3 Å². The summed E-state index contributed by atoms with van der Waals surface area (Å²) in [5.74, 6) is -2.18. The third-order valence-electron chi connectivity index (χ3n) is 3.08. The Labute approximate surface area is 107 Å². The molecule has 0 aliphatic heterocycles. The van der Waals surface area contributed by atoms with Gasteiger partial charge in [-0.25, -0.2) is 0 Å². The molecule has 18 heavy (non-hydrogen) atoms. The molecule has 0 radical (unpaired) electrons. The molecule has 1 aliphatic carbocycles. The summed E-state index contributed by atoms with van der Waals surface area (Å²) in [6, 6.07) is 0. The number of rotatable bonds is 5. The minimum Gasteiger partial charge on any atom is -0.386 e. The molecule has 0 aromatic rings. The van der Waals surface area contributed by atoms with Gasteiger partial charge in [-0.15, -0.1) is 0 Å². The molecule has 0 amide bonds. The van der Waals surface area contributed by atoms with Crippen LogP contribution in [-0.2, 0) is 9.59 Å². The van der Waals surface area contributed by atoms with Crippen molar-refractivity contribution in [1.82, 2.24) is 0 Å². The molecule has 1 unspecified atom stereocenters. The van der Waals surface area contributed by atoms with E-state index in [0.717, 1.165) is 12.8 Å². The lowest BCUT2D eigenvalue weighted by molar-refractivity contribution is -0.141. The topological polar surface area (TPSA) is 74.6 Å². The van der Waals surface area contributed by atoms with E-state index in [1.165, 1.54) is 13.0 Å². The monoisotopic (exact) mass is 252 g/mol. The maximum atomic E-state index is 11.9. The Bertz CT molecular complexity index is 368. The Morgan fingerprint density at radius 2 is 2.22 bits per heavy atom. The molecular formula is C14H20O4. The lowest BCUT2D eigenvalue weighted by atomic mass is 9.77. The standard InChI is InChI=1S/C14H20O4/c1-3-4-5-6-10-7-8-11(16)14(18)12(10)13(17)9(2)15/h5-10,12,14-15,18H,3-4H2,1-2H3/b6-5+/t9?,10-,12+,14-/m0/s1. The number of carbonyl (C=O) groups is 2. The second-order valence-electron chi connectivity index (χ2n) is 4.60. The van der Waals surface area contributed by atoms with Crippen molar-refractivity contribution < 1.29 is 19.8 Å². The Balaban J connectivity index is 2.94. The summed E-state index contributed by atoms with van der Waals surface area (Å²) >= 11 is 0. The van der Waals surface area contributed by atoms with Crippen LogP contribution in [-0.4, -0.2) is 34.0 Å². The van der Waals surface area contributed by atoms with E-state index in [-0.39, 0.29) is 5.92 Å². The number of ketones is 2. The van der Waals surface area contributed by atoms with Crippen LogP contribution >= 0.6 is 0 Å². The van der Waals surface area contributed by atoms with Crippen molar-refractivity contribution in [3.8, 4) is 0 Å². The molecule has 2 N–H and O–H groups in total. The molecule has 4 nitrogen and oxygen atoms in total. The van der Waals surface area contributed by atoms with E-state index in [2.05, 4.69) is 0 Å². The Hall–Kier alpha value is -1.26. The van der Waals surface area contributed by atoms with E-state index in [1.807, 2.05) is 19.1 Å². The third kappa shape index (κ3) is 3.37. The molecular weight excluding hydrogens is 232 g/mol. The van der Waals surface area contributed by atoms with Crippen LogP contribution < -0.4 is 0 Å². The molecule has 4 atom stereocenters. The SMILES string of the molecule is CCC/C=C/[C@H]1C=CC(=O)[C@H](O)[C@H]1C(=O)C(C)O. The van der Waals surface area contributed by atoms with Crippen molar-refractivity contribution in [2.24, 2.45) is 11.8 Å². The Morgan fingerprint density at radius 3 is 2.78 bits per heavy atom. The number of aliphatic hydroxyl groups excluding tert-OH is 2. The fourth-order valence-corrected chi connectivity index (χ4v) is 2.04. The van der Waals surface area contributed by atoms with E-state index in [1.54, 1.807) is 6.08 Å². The number of hydrogen-bond donors (Lipinski definition) is 2. The molecule has 1 aliphatic rings. The quantitative estimate of drug-likeness (QED) is 0.716. The maximum absolute atomic E-state index is 11.9. The first-order valence-electron chi connectivity index (χ1n) is 6.27. The van der Waals surface area contributed by atoms with Gasteiger partial charge in [0.2, 0.25) is 0 Å². The first-order chi connectivity index (χ1) is 8.49. The van der Waals surface area contributed by atoms with Crippen LogP contribution in [0, 0.1) is 11.8 Å². The van der Waals surface area contributed by atoms with Gasteiger partial charge in [-0.05, 0) is 19.4 Å². The molecule has 1 rings (SSSR count). The Morgan fingerprint density at radius 1 is 1.56 bits per heavy atom. The normalized spacial score (nSPS) is 29.8. The molecule has 0 fully saturated rings. The van der Waals surface area contributed by atoms with Crippen molar-refractivity contribution in [3.05, 3.63) is 24.3 Å². The van der Waals surface area contributed by atoms with E-state index in [0.29, 0.717) is 0 Å². The first kappa shape index (κ1) is 14.8. The van der Waals surface area contributed by atoms with Crippen molar-refractivity contribution in [2.45, 2.75) is 38.9 Å². The minimum absolute atomic E-state index is 0.327.